The Labute approximate surface area is 155 Å². The fourth-order valence-electron chi connectivity index (χ4n) is 2.49. The minimum absolute atomic E-state index is 0.285. The van der Waals surface area contributed by atoms with Gasteiger partial charge in [-0.2, -0.15) is 5.10 Å². The Morgan fingerprint density at radius 2 is 1.84 bits per heavy atom. The lowest BCUT2D eigenvalue weighted by Crippen LogP contribution is -2.14. The summed E-state index contributed by atoms with van der Waals surface area (Å²) in [7, 11) is -3.64. The maximum absolute atomic E-state index is 12.6. The molecule has 0 saturated heterocycles. The normalized spacial score (nSPS) is 11.5. The van der Waals surface area contributed by atoms with E-state index in [1.807, 2.05) is 37.3 Å². The van der Waals surface area contributed by atoms with Crippen molar-refractivity contribution < 1.29 is 8.42 Å². The zero-order valence-electron chi connectivity index (χ0n) is 13.9. The predicted molar refractivity (Wildman–Crippen MR) is 102 cm³/mol. The maximum Gasteiger partial charge on any atom is 0.262 e. The van der Waals surface area contributed by atoms with Crippen LogP contribution in [-0.4, -0.2) is 18.2 Å². The Bertz CT molecular complexity index is 995. The standard InChI is InChI=1S/C18H18BrN3O2S/c1-13-3-4-14(2)18(9-13)25(23,24)21-17-10-20-22(12-17)11-15-5-7-16(19)8-6-15/h3-10,12,21H,11H2,1-2H3. The Balaban J connectivity index is 1.78. The van der Waals surface area contributed by atoms with E-state index in [1.54, 1.807) is 29.9 Å². The summed E-state index contributed by atoms with van der Waals surface area (Å²) in [5, 5.41) is 4.23. The molecule has 1 aromatic heterocycles. The number of halogens is 1. The van der Waals surface area contributed by atoms with Crippen molar-refractivity contribution in [3.05, 3.63) is 76.0 Å². The summed E-state index contributed by atoms with van der Waals surface area (Å²) in [6, 6.07) is 13.3. The number of nitrogens with zero attached hydrogens (tertiary/aromatic N) is 2. The molecule has 0 amide bonds. The Kier molecular flexibility index (Phi) is 4.96. The first-order valence-corrected chi connectivity index (χ1v) is 9.98. The van der Waals surface area contributed by atoms with E-state index in [-0.39, 0.29) is 4.90 Å². The lowest BCUT2D eigenvalue weighted by Gasteiger charge is -2.09. The largest absolute Gasteiger partial charge is 0.276 e. The van der Waals surface area contributed by atoms with Gasteiger partial charge in [-0.1, -0.05) is 40.2 Å². The summed E-state index contributed by atoms with van der Waals surface area (Å²) >= 11 is 3.40. The third kappa shape index (κ3) is 4.29. The fraction of sp³-hybridized carbons (Fsp3) is 0.167. The molecule has 0 unspecified atom stereocenters. The lowest BCUT2D eigenvalue weighted by molar-refractivity contribution is 0.600. The van der Waals surface area contributed by atoms with Crippen molar-refractivity contribution in [3.8, 4) is 0 Å². The number of hydrogen-bond donors (Lipinski definition) is 1. The fourth-order valence-corrected chi connectivity index (χ4v) is 4.11. The predicted octanol–water partition coefficient (Wildman–Crippen LogP) is 4.11. The van der Waals surface area contributed by atoms with Gasteiger partial charge < -0.3 is 0 Å². The average Bonchev–Trinajstić information content (AvgIpc) is 2.98. The Hall–Kier alpha value is -2.12. The van der Waals surface area contributed by atoms with Crippen molar-refractivity contribution in [3.63, 3.8) is 0 Å². The van der Waals surface area contributed by atoms with Crippen molar-refractivity contribution in [1.29, 1.82) is 0 Å². The smallest absolute Gasteiger partial charge is 0.262 e. The zero-order valence-corrected chi connectivity index (χ0v) is 16.3. The molecule has 5 nitrogen and oxygen atoms in total. The van der Waals surface area contributed by atoms with E-state index < -0.39 is 10.0 Å². The molecule has 1 heterocycles. The topological polar surface area (TPSA) is 64.0 Å². The summed E-state index contributed by atoms with van der Waals surface area (Å²) in [6.45, 7) is 4.22. The molecule has 0 aliphatic heterocycles. The minimum atomic E-state index is -3.64. The maximum atomic E-state index is 12.6. The minimum Gasteiger partial charge on any atom is -0.276 e. The highest BCUT2D eigenvalue weighted by Crippen LogP contribution is 2.20. The van der Waals surface area contributed by atoms with E-state index in [1.165, 1.54) is 6.20 Å². The lowest BCUT2D eigenvalue weighted by atomic mass is 10.2. The van der Waals surface area contributed by atoms with Crippen LogP contribution in [-0.2, 0) is 16.6 Å². The van der Waals surface area contributed by atoms with E-state index in [4.69, 9.17) is 0 Å². The highest BCUT2D eigenvalue weighted by molar-refractivity contribution is 9.10. The van der Waals surface area contributed by atoms with E-state index >= 15 is 0 Å². The molecular formula is C18H18BrN3O2S. The van der Waals surface area contributed by atoms with Gasteiger partial charge in [0.05, 0.1) is 23.3 Å². The number of nitrogens with one attached hydrogen (secondary N) is 1. The third-order valence-corrected chi connectivity index (χ3v) is 5.83. The molecular weight excluding hydrogens is 402 g/mol. The van der Waals surface area contributed by atoms with Crippen LogP contribution in [0.3, 0.4) is 0 Å². The van der Waals surface area contributed by atoms with Crippen LogP contribution in [0.2, 0.25) is 0 Å². The van der Waals surface area contributed by atoms with Crippen molar-refractivity contribution in [2.45, 2.75) is 25.3 Å². The molecule has 0 aliphatic carbocycles. The van der Waals surface area contributed by atoms with Crippen LogP contribution in [0.1, 0.15) is 16.7 Å². The number of sulfonamides is 1. The van der Waals surface area contributed by atoms with E-state index in [0.29, 0.717) is 17.8 Å². The molecule has 0 radical (unpaired) electrons. The summed E-state index contributed by atoms with van der Waals surface area (Å²) in [5.41, 5.74) is 3.13. The summed E-state index contributed by atoms with van der Waals surface area (Å²) < 4.78 is 30.6. The van der Waals surface area contributed by atoms with Crippen LogP contribution in [0.4, 0.5) is 5.69 Å². The van der Waals surface area contributed by atoms with Gasteiger partial charge >= 0.3 is 0 Å². The van der Waals surface area contributed by atoms with Crippen molar-refractivity contribution in [2.24, 2.45) is 0 Å². The van der Waals surface area contributed by atoms with E-state index in [9.17, 15) is 8.42 Å². The molecule has 1 N–H and O–H groups in total. The number of hydrogen-bond acceptors (Lipinski definition) is 3. The Morgan fingerprint density at radius 1 is 1.12 bits per heavy atom. The zero-order chi connectivity index (χ0) is 18.0. The second kappa shape index (κ2) is 7.01. The van der Waals surface area contributed by atoms with Gasteiger partial charge in [-0.25, -0.2) is 8.42 Å². The first-order valence-electron chi connectivity index (χ1n) is 7.70. The molecule has 0 spiro atoms. The SMILES string of the molecule is Cc1ccc(C)c(S(=O)(=O)Nc2cnn(Cc3ccc(Br)cc3)c2)c1. The number of rotatable bonds is 5. The number of aryl methyl sites for hydroxylation is 2. The summed E-state index contributed by atoms with van der Waals surface area (Å²) in [6.07, 6.45) is 3.20. The van der Waals surface area contributed by atoms with Crippen LogP contribution in [0.5, 0.6) is 0 Å². The first kappa shape index (κ1) is 17.7. The van der Waals surface area contributed by atoms with Crippen LogP contribution >= 0.6 is 15.9 Å². The van der Waals surface area contributed by atoms with Crippen molar-refractivity contribution in [1.82, 2.24) is 9.78 Å². The quantitative estimate of drug-likeness (QED) is 0.676. The molecule has 0 aliphatic rings. The van der Waals surface area contributed by atoms with Crippen molar-refractivity contribution >= 4 is 31.6 Å². The molecule has 2 aromatic carbocycles. The molecule has 130 valence electrons. The van der Waals surface area contributed by atoms with Gasteiger partial charge in [0.1, 0.15) is 0 Å². The first-order chi connectivity index (χ1) is 11.8. The molecule has 0 atom stereocenters. The monoisotopic (exact) mass is 419 g/mol. The highest BCUT2D eigenvalue weighted by atomic mass is 79.9. The van der Waals surface area contributed by atoms with Crippen LogP contribution in [0.15, 0.2) is 64.2 Å². The third-order valence-electron chi connectivity index (χ3n) is 3.78. The molecule has 7 heteroatoms. The van der Waals surface area contributed by atoms with Crippen LogP contribution < -0.4 is 4.72 Å². The number of benzene rings is 2. The molecule has 25 heavy (non-hydrogen) atoms. The second-order valence-corrected chi connectivity index (χ2v) is 8.49. The second-order valence-electron chi connectivity index (χ2n) is 5.93. The molecule has 0 bridgehead atoms. The van der Waals surface area contributed by atoms with Crippen LogP contribution in [0, 0.1) is 13.8 Å². The molecule has 0 saturated carbocycles. The summed E-state index contributed by atoms with van der Waals surface area (Å²) in [4.78, 5) is 0.285. The molecule has 0 fully saturated rings. The summed E-state index contributed by atoms with van der Waals surface area (Å²) in [5.74, 6) is 0. The van der Waals surface area contributed by atoms with Gasteiger partial charge in [0.15, 0.2) is 0 Å². The average molecular weight is 420 g/mol. The van der Waals surface area contributed by atoms with E-state index in [0.717, 1.165) is 15.6 Å². The van der Waals surface area contributed by atoms with Gasteiger partial charge in [0.25, 0.3) is 10.0 Å². The van der Waals surface area contributed by atoms with Gasteiger partial charge in [0, 0.05) is 10.7 Å². The van der Waals surface area contributed by atoms with Gasteiger partial charge in [-0.05, 0) is 48.7 Å². The number of aromatic nitrogens is 2. The van der Waals surface area contributed by atoms with Crippen LogP contribution in [0.25, 0.3) is 0 Å². The molecule has 3 rings (SSSR count). The van der Waals surface area contributed by atoms with Crippen molar-refractivity contribution in [2.75, 3.05) is 4.72 Å². The highest BCUT2D eigenvalue weighted by Gasteiger charge is 2.18. The number of anilines is 1. The molecule has 3 aromatic rings. The Morgan fingerprint density at radius 3 is 2.56 bits per heavy atom. The van der Waals surface area contributed by atoms with Gasteiger partial charge in [-0.15, -0.1) is 0 Å². The van der Waals surface area contributed by atoms with E-state index in [2.05, 4.69) is 25.8 Å². The van der Waals surface area contributed by atoms with Gasteiger partial charge in [0.2, 0.25) is 0 Å². The van der Waals surface area contributed by atoms with Gasteiger partial charge in [-0.3, -0.25) is 9.40 Å².